The van der Waals surface area contributed by atoms with Gasteiger partial charge in [-0.2, -0.15) is 0 Å². The summed E-state index contributed by atoms with van der Waals surface area (Å²) < 4.78 is 28.9. The highest BCUT2D eigenvalue weighted by molar-refractivity contribution is 7.70. The summed E-state index contributed by atoms with van der Waals surface area (Å²) in [5.74, 6) is 0.739. The molecule has 0 aliphatic rings. The van der Waals surface area contributed by atoms with E-state index in [1.807, 2.05) is 0 Å². The number of imidazole rings is 1. The maximum atomic E-state index is 11.0. The van der Waals surface area contributed by atoms with Gasteiger partial charge >= 0.3 is 15.2 Å². The van der Waals surface area contributed by atoms with Gasteiger partial charge in [-0.1, -0.05) is 0 Å². The fourth-order valence-electron chi connectivity index (χ4n) is 1.67. The second-order valence-corrected chi connectivity index (χ2v) is 8.44. The third-order valence-corrected chi connectivity index (χ3v) is 6.40. The summed E-state index contributed by atoms with van der Waals surface area (Å²) in [6.07, 6.45) is 3.31. The van der Waals surface area contributed by atoms with Gasteiger partial charge in [-0.05, 0) is 13.8 Å². The van der Waals surface area contributed by atoms with Crippen molar-refractivity contribution in [3.63, 3.8) is 0 Å². The molecule has 0 saturated heterocycles. The third kappa shape index (κ3) is 4.79. The standard InChI is InChI=1S/C9H18N2O7P2/c1-7(11-4-3-10-8(11)2)5-18-6-9(19(12,13)14)20(15,16)17/h3-4,7,9H,5-6H2,1-2H3,(H2,12,13,14)(H2,15,16,17). The van der Waals surface area contributed by atoms with E-state index in [-0.39, 0.29) is 12.6 Å². The Morgan fingerprint density at radius 2 is 1.80 bits per heavy atom. The minimum absolute atomic E-state index is 0.0493. The molecule has 20 heavy (non-hydrogen) atoms. The minimum atomic E-state index is -4.93. The number of ether oxygens (including phenoxy) is 1. The van der Waals surface area contributed by atoms with Crippen molar-refractivity contribution >= 4 is 15.2 Å². The third-order valence-electron chi connectivity index (χ3n) is 2.74. The predicted octanol–water partition coefficient (Wildman–Crippen LogP) is 0.451. The van der Waals surface area contributed by atoms with Gasteiger partial charge in [0.15, 0.2) is 5.40 Å². The first-order valence-corrected chi connectivity index (χ1v) is 9.07. The first-order chi connectivity index (χ1) is 9.03. The topological polar surface area (TPSA) is 142 Å². The number of nitrogens with zero attached hydrogens (tertiary/aromatic N) is 2. The number of aromatic nitrogens is 2. The largest absolute Gasteiger partial charge is 0.378 e. The molecule has 116 valence electrons. The second-order valence-electron chi connectivity index (χ2n) is 4.43. The normalized spacial score (nSPS) is 14.8. The van der Waals surface area contributed by atoms with Gasteiger partial charge in [-0.15, -0.1) is 0 Å². The van der Waals surface area contributed by atoms with Crippen LogP contribution in [0, 0.1) is 6.92 Å². The van der Waals surface area contributed by atoms with Gasteiger partial charge in [-0.3, -0.25) is 9.13 Å². The van der Waals surface area contributed by atoms with Crippen LogP contribution in [0.4, 0.5) is 0 Å². The lowest BCUT2D eigenvalue weighted by atomic mass is 10.3. The van der Waals surface area contributed by atoms with Crippen LogP contribution < -0.4 is 0 Å². The molecule has 1 rings (SSSR count). The summed E-state index contributed by atoms with van der Waals surface area (Å²) >= 11 is 0. The van der Waals surface area contributed by atoms with E-state index < -0.39 is 27.2 Å². The Labute approximate surface area is 115 Å². The number of hydrogen-bond donors (Lipinski definition) is 4. The van der Waals surface area contributed by atoms with Crippen molar-refractivity contribution in [2.45, 2.75) is 25.3 Å². The summed E-state index contributed by atoms with van der Waals surface area (Å²) in [5, 5.41) is -2.13. The zero-order chi connectivity index (χ0) is 15.6. The quantitative estimate of drug-likeness (QED) is 0.528. The Morgan fingerprint density at radius 3 is 2.20 bits per heavy atom. The molecule has 9 nitrogen and oxygen atoms in total. The van der Waals surface area contributed by atoms with Crippen molar-refractivity contribution in [2.24, 2.45) is 0 Å². The van der Waals surface area contributed by atoms with Crippen LogP contribution in [0.3, 0.4) is 0 Å². The minimum Gasteiger partial charge on any atom is -0.378 e. The Morgan fingerprint density at radius 1 is 1.25 bits per heavy atom. The highest BCUT2D eigenvalue weighted by atomic mass is 31.2. The molecule has 1 atom stereocenters. The molecule has 1 unspecified atom stereocenters. The fourth-order valence-corrected chi connectivity index (χ4v) is 3.83. The molecule has 11 heteroatoms. The molecule has 1 aromatic rings. The number of rotatable bonds is 7. The van der Waals surface area contributed by atoms with E-state index in [4.69, 9.17) is 24.3 Å². The highest BCUT2D eigenvalue weighted by Gasteiger charge is 2.43. The van der Waals surface area contributed by atoms with E-state index in [9.17, 15) is 9.13 Å². The van der Waals surface area contributed by atoms with Crippen LogP contribution in [0.2, 0.25) is 0 Å². The van der Waals surface area contributed by atoms with Gasteiger partial charge in [-0.25, -0.2) is 4.98 Å². The molecule has 0 saturated carbocycles. The summed E-state index contributed by atoms with van der Waals surface area (Å²) in [7, 11) is -9.87. The summed E-state index contributed by atoms with van der Waals surface area (Å²) in [6, 6.07) is -0.174. The molecule has 0 amide bonds. The molecule has 0 aromatic carbocycles. The monoisotopic (exact) mass is 328 g/mol. The van der Waals surface area contributed by atoms with Crippen molar-refractivity contribution in [2.75, 3.05) is 13.2 Å². The second kappa shape index (κ2) is 6.49. The lowest BCUT2D eigenvalue weighted by Crippen LogP contribution is -2.20. The van der Waals surface area contributed by atoms with Crippen LogP contribution in [-0.2, 0) is 13.9 Å². The molecule has 1 heterocycles. The van der Waals surface area contributed by atoms with E-state index in [0.29, 0.717) is 0 Å². The summed E-state index contributed by atoms with van der Waals surface area (Å²) in [5.41, 5.74) is 0. The zero-order valence-corrected chi connectivity index (χ0v) is 12.8. The Hall–Kier alpha value is -0.530. The molecule has 0 spiro atoms. The van der Waals surface area contributed by atoms with Crippen LogP contribution in [0.1, 0.15) is 18.8 Å². The van der Waals surface area contributed by atoms with E-state index in [0.717, 1.165) is 5.82 Å². The average Bonchev–Trinajstić information content (AvgIpc) is 2.66. The van der Waals surface area contributed by atoms with Gasteiger partial charge in [0.2, 0.25) is 0 Å². The fraction of sp³-hybridized carbons (Fsp3) is 0.667. The van der Waals surface area contributed by atoms with E-state index in [2.05, 4.69) is 4.98 Å². The van der Waals surface area contributed by atoms with Gasteiger partial charge in [0.05, 0.1) is 19.3 Å². The SMILES string of the molecule is Cc1nccn1C(C)COCC(P(=O)(O)O)P(=O)(O)O. The van der Waals surface area contributed by atoms with Crippen LogP contribution >= 0.6 is 15.2 Å². The smallest absolute Gasteiger partial charge is 0.343 e. The zero-order valence-electron chi connectivity index (χ0n) is 11.0. The van der Waals surface area contributed by atoms with Gasteiger partial charge < -0.3 is 28.9 Å². The van der Waals surface area contributed by atoms with Crippen LogP contribution in [0.15, 0.2) is 12.4 Å². The molecular weight excluding hydrogens is 310 g/mol. The van der Waals surface area contributed by atoms with Crippen molar-refractivity contribution in [3.8, 4) is 0 Å². The van der Waals surface area contributed by atoms with Crippen molar-refractivity contribution in [3.05, 3.63) is 18.2 Å². The first kappa shape index (κ1) is 17.5. The molecule has 0 fully saturated rings. The van der Waals surface area contributed by atoms with Crippen LogP contribution in [0.5, 0.6) is 0 Å². The lowest BCUT2D eigenvalue weighted by Gasteiger charge is -2.21. The van der Waals surface area contributed by atoms with E-state index >= 15 is 0 Å². The molecule has 1 aromatic heterocycles. The van der Waals surface area contributed by atoms with Crippen molar-refractivity contribution in [1.29, 1.82) is 0 Å². The molecule has 0 aliphatic carbocycles. The van der Waals surface area contributed by atoms with Gasteiger partial charge in [0.25, 0.3) is 0 Å². The summed E-state index contributed by atoms with van der Waals surface area (Å²) in [4.78, 5) is 39.7. The Balaban J connectivity index is 2.60. The van der Waals surface area contributed by atoms with Crippen molar-refractivity contribution in [1.82, 2.24) is 9.55 Å². The van der Waals surface area contributed by atoms with Crippen LogP contribution in [-0.4, -0.2) is 47.7 Å². The summed E-state index contributed by atoms with van der Waals surface area (Å²) in [6.45, 7) is 2.91. The molecule has 0 radical (unpaired) electrons. The van der Waals surface area contributed by atoms with Crippen molar-refractivity contribution < 1.29 is 33.4 Å². The highest BCUT2D eigenvalue weighted by Crippen LogP contribution is 2.59. The molecule has 0 bridgehead atoms. The average molecular weight is 328 g/mol. The maximum Gasteiger partial charge on any atom is 0.343 e. The lowest BCUT2D eigenvalue weighted by molar-refractivity contribution is 0.108. The van der Waals surface area contributed by atoms with Crippen LogP contribution in [0.25, 0.3) is 0 Å². The van der Waals surface area contributed by atoms with Gasteiger partial charge in [0, 0.05) is 12.4 Å². The first-order valence-electron chi connectivity index (χ1n) is 5.71. The maximum absolute atomic E-state index is 11.0. The number of aryl methyl sites for hydroxylation is 1. The number of hydrogen-bond acceptors (Lipinski definition) is 4. The Bertz CT molecular complexity index is 512. The Kier molecular flexibility index (Phi) is 5.69. The van der Waals surface area contributed by atoms with E-state index in [1.54, 1.807) is 30.8 Å². The van der Waals surface area contributed by atoms with Gasteiger partial charge in [0.1, 0.15) is 5.82 Å². The molecular formula is C9H18N2O7P2. The predicted molar refractivity (Wildman–Crippen MR) is 70.4 cm³/mol. The molecule has 0 aliphatic heterocycles. The van der Waals surface area contributed by atoms with E-state index in [1.165, 1.54) is 0 Å². The molecule has 4 N–H and O–H groups in total.